The van der Waals surface area contributed by atoms with Crippen LogP contribution in [0.5, 0.6) is 0 Å². The predicted molar refractivity (Wildman–Crippen MR) is 50.5 cm³/mol. The molecule has 0 aliphatic carbocycles. The molecule has 0 spiro atoms. The molecule has 0 aliphatic rings. The summed E-state index contributed by atoms with van der Waals surface area (Å²) in [5, 5.41) is 2.42. The lowest BCUT2D eigenvalue weighted by Crippen LogP contribution is -2.20. The summed E-state index contributed by atoms with van der Waals surface area (Å²) in [5.74, 6) is 1.34. The summed E-state index contributed by atoms with van der Waals surface area (Å²) in [7, 11) is 0. The predicted octanol–water partition coefficient (Wildman–Crippen LogP) is 1.20. The molecule has 0 unspecified atom stereocenters. The third-order valence-electron chi connectivity index (χ3n) is 1.54. The Bertz CT molecular complexity index is 310. The fourth-order valence-electron chi connectivity index (χ4n) is 0.899. The largest absolute Gasteiger partial charge is 0.351 e. The van der Waals surface area contributed by atoms with Gasteiger partial charge < -0.3 is 10.7 Å². The Labute approximate surface area is 76.7 Å². The highest BCUT2D eigenvalue weighted by Gasteiger charge is 2.17. The molecule has 4 N–H and O–H groups in total. The van der Waals surface area contributed by atoms with Crippen LogP contribution < -0.4 is 11.1 Å². The zero-order valence-electron chi connectivity index (χ0n) is 8.01. The second-order valence-corrected chi connectivity index (χ2v) is 3.88. The van der Waals surface area contributed by atoms with Crippen LogP contribution in [-0.2, 0) is 5.41 Å². The van der Waals surface area contributed by atoms with Crippen LogP contribution in [0.1, 0.15) is 26.6 Å². The van der Waals surface area contributed by atoms with Crippen molar-refractivity contribution in [2.75, 3.05) is 5.32 Å². The SMILES string of the molecule is CC(C)(C)c1ncc(NC(N)=O)[nH]1. The van der Waals surface area contributed by atoms with Gasteiger partial charge in [-0.2, -0.15) is 0 Å². The number of carbonyl (C=O) groups excluding carboxylic acids is 1. The number of aromatic amines is 1. The van der Waals surface area contributed by atoms with Crippen molar-refractivity contribution in [1.82, 2.24) is 9.97 Å². The molecule has 13 heavy (non-hydrogen) atoms. The number of carbonyl (C=O) groups is 1. The highest BCUT2D eigenvalue weighted by Crippen LogP contribution is 2.19. The summed E-state index contributed by atoms with van der Waals surface area (Å²) in [6.07, 6.45) is 1.55. The number of hydrogen-bond acceptors (Lipinski definition) is 2. The van der Waals surface area contributed by atoms with Crippen LogP contribution in [0.4, 0.5) is 10.6 Å². The van der Waals surface area contributed by atoms with E-state index in [1.807, 2.05) is 20.8 Å². The van der Waals surface area contributed by atoms with E-state index in [2.05, 4.69) is 15.3 Å². The average molecular weight is 182 g/mol. The maximum Gasteiger partial charge on any atom is 0.317 e. The Balaban J connectivity index is 2.81. The van der Waals surface area contributed by atoms with Crippen molar-refractivity contribution in [3.05, 3.63) is 12.0 Å². The molecule has 0 aromatic carbocycles. The summed E-state index contributed by atoms with van der Waals surface area (Å²) in [6, 6.07) is -0.593. The van der Waals surface area contributed by atoms with Gasteiger partial charge in [-0.25, -0.2) is 9.78 Å². The van der Waals surface area contributed by atoms with Gasteiger partial charge in [-0.05, 0) is 0 Å². The highest BCUT2D eigenvalue weighted by molar-refractivity contribution is 5.86. The van der Waals surface area contributed by atoms with Crippen LogP contribution in [0.25, 0.3) is 0 Å². The number of nitrogens with zero attached hydrogens (tertiary/aromatic N) is 1. The third-order valence-corrected chi connectivity index (χ3v) is 1.54. The van der Waals surface area contributed by atoms with E-state index in [1.54, 1.807) is 6.20 Å². The third kappa shape index (κ3) is 2.47. The number of hydrogen-bond donors (Lipinski definition) is 3. The van der Waals surface area contributed by atoms with Crippen molar-refractivity contribution < 1.29 is 4.79 Å². The minimum Gasteiger partial charge on any atom is -0.351 e. The van der Waals surface area contributed by atoms with Gasteiger partial charge in [-0.15, -0.1) is 0 Å². The van der Waals surface area contributed by atoms with Gasteiger partial charge in [0.2, 0.25) is 0 Å². The van der Waals surface area contributed by atoms with Gasteiger partial charge in [0, 0.05) is 5.41 Å². The molecule has 72 valence electrons. The summed E-state index contributed by atoms with van der Waals surface area (Å²) < 4.78 is 0. The van der Waals surface area contributed by atoms with Crippen LogP contribution in [0.15, 0.2) is 6.20 Å². The number of anilines is 1. The fourth-order valence-corrected chi connectivity index (χ4v) is 0.899. The Morgan fingerprint density at radius 1 is 1.62 bits per heavy atom. The highest BCUT2D eigenvalue weighted by atomic mass is 16.2. The Hall–Kier alpha value is -1.52. The monoisotopic (exact) mass is 182 g/mol. The molecule has 0 saturated heterocycles. The average Bonchev–Trinajstić information content (AvgIpc) is 2.32. The molecule has 2 amide bonds. The van der Waals surface area contributed by atoms with Crippen molar-refractivity contribution in [2.24, 2.45) is 5.73 Å². The van der Waals surface area contributed by atoms with Crippen LogP contribution in [0, 0.1) is 0 Å². The van der Waals surface area contributed by atoms with E-state index in [0.717, 1.165) is 5.82 Å². The maximum absolute atomic E-state index is 10.5. The first-order valence-corrected chi connectivity index (χ1v) is 4.01. The lowest BCUT2D eigenvalue weighted by atomic mass is 9.96. The molecule has 1 aromatic rings. The lowest BCUT2D eigenvalue weighted by molar-refractivity contribution is 0.259. The number of urea groups is 1. The quantitative estimate of drug-likeness (QED) is 0.609. The van der Waals surface area contributed by atoms with E-state index in [9.17, 15) is 4.79 Å². The summed E-state index contributed by atoms with van der Waals surface area (Å²) in [4.78, 5) is 17.6. The molecule has 5 heteroatoms. The second kappa shape index (κ2) is 3.08. The molecule has 0 radical (unpaired) electrons. The molecule has 0 aliphatic heterocycles. The normalized spacial score (nSPS) is 11.3. The van der Waals surface area contributed by atoms with Crippen LogP contribution in [0.3, 0.4) is 0 Å². The van der Waals surface area contributed by atoms with Crippen molar-refractivity contribution in [2.45, 2.75) is 26.2 Å². The molecular formula is C8H14N4O. The zero-order chi connectivity index (χ0) is 10.1. The number of nitrogens with two attached hydrogens (primary N) is 1. The summed E-state index contributed by atoms with van der Waals surface area (Å²) in [5.41, 5.74) is 4.89. The topological polar surface area (TPSA) is 83.8 Å². The number of nitrogens with one attached hydrogen (secondary N) is 2. The molecule has 1 aromatic heterocycles. The van der Waals surface area contributed by atoms with Crippen LogP contribution >= 0.6 is 0 Å². The first kappa shape index (κ1) is 9.57. The van der Waals surface area contributed by atoms with Crippen LogP contribution in [0.2, 0.25) is 0 Å². The Morgan fingerprint density at radius 3 is 2.62 bits per heavy atom. The Kier molecular flexibility index (Phi) is 2.27. The zero-order valence-corrected chi connectivity index (χ0v) is 8.01. The van der Waals surface area contributed by atoms with Gasteiger partial charge in [-0.1, -0.05) is 20.8 Å². The minimum absolute atomic E-state index is 0.0580. The first-order valence-electron chi connectivity index (χ1n) is 4.01. The van der Waals surface area contributed by atoms with Gasteiger partial charge in [0.05, 0.1) is 6.20 Å². The molecule has 0 bridgehead atoms. The molecule has 1 heterocycles. The second-order valence-electron chi connectivity index (χ2n) is 3.88. The van der Waals surface area contributed by atoms with Gasteiger partial charge in [0.1, 0.15) is 11.6 Å². The van der Waals surface area contributed by atoms with E-state index >= 15 is 0 Å². The number of H-pyrrole nitrogens is 1. The number of amides is 2. The first-order chi connectivity index (χ1) is 5.89. The molecule has 1 rings (SSSR count). The number of primary amides is 1. The van der Waals surface area contributed by atoms with E-state index in [4.69, 9.17) is 5.73 Å². The van der Waals surface area contributed by atoms with E-state index in [-0.39, 0.29) is 5.41 Å². The minimum atomic E-state index is -0.593. The van der Waals surface area contributed by atoms with Gasteiger partial charge >= 0.3 is 6.03 Å². The number of aromatic nitrogens is 2. The van der Waals surface area contributed by atoms with E-state index in [1.165, 1.54) is 0 Å². The standard InChI is InChI=1S/C8H14N4O/c1-8(2,3)6-10-4-5(11-6)12-7(9)13/h4H,1-3H3,(H,10,11)(H3,9,12,13). The van der Waals surface area contributed by atoms with Crippen molar-refractivity contribution >= 4 is 11.8 Å². The van der Waals surface area contributed by atoms with Crippen molar-refractivity contribution in [1.29, 1.82) is 0 Å². The van der Waals surface area contributed by atoms with E-state index < -0.39 is 6.03 Å². The van der Waals surface area contributed by atoms with E-state index in [0.29, 0.717) is 5.82 Å². The maximum atomic E-state index is 10.5. The van der Waals surface area contributed by atoms with Crippen LogP contribution in [-0.4, -0.2) is 16.0 Å². The molecule has 0 atom stereocenters. The summed E-state index contributed by atoms with van der Waals surface area (Å²) >= 11 is 0. The molecular weight excluding hydrogens is 168 g/mol. The van der Waals surface area contributed by atoms with Crippen molar-refractivity contribution in [3.63, 3.8) is 0 Å². The fraction of sp³-hybridized carbons (Fsp3) is 0.500. The van der Waals surface area contributed by atoms with Crippen molar-refractivity contribution in [3.8, 4) is 0 Å². The van der Waals surface area contributed by atoms with Gasteiger partial charge in [0.15, 0.2) is 0 Å². The molecule has 0 fully saturated rings. The Morgan fingerprint density at radius 2 is 2.23 bits per heavy atom. The molecule has 0 saturated carbocycles. The van der Waals surface area contributed by atoms with Gasteiger partial charge in [0.25, 0.3) is 0 Å². The number of imidazole rings is 1. The lowest BCUT2D eigenvalue weighted by Gasteiger charge is -2.13. The van der Waals surface area contributed by atoms with Gasteiger partial charge in [-0.3, -0.25) is 5.32 Å². The number of rotatable bonds is 1. The smallest absolute Gasteiger partial charge is 0.317 e. The summed E-state index contributed by atoms with van der Waals surface area (Å²) in [6.45, 7) is 6.08. The molecule has 5 nitrogen and oxygen atoms in total.